The van der Waals surface area contributed by atoms with Gasteiger partial charge in [-0.2, -0.15) is 0 Å². The molecule has 1 heterocycles. The molecular weight excluding hydrogens is 559 g/mol. The molecule has 42 heavy (non-hydrogen) atoms. The quantitative estimate of drug-likeness (QED) is 0.177. The molecule has 0 unspecified atom stereocenters. The van der Waals surface area contributed by atoms with Gasteiger partial charge in [-0.15, -0.1) is 13.2 Å². The monoisotopic (exact) mass is 593 g/mol. The van der Waals surface area contributed by atoms with Crippen molar-refractivity contribution < 1.29 is 41.7 Å². The summed E-state index contributed by atoms with van der Waals surface area (Å²) in [6, 6.07) is 13.8. The summed E-state index contributed by atoms with van der Waals surface area (Å²) >= 11 is 0. The molecule has 0 saturated heterocycles. The number of benzene rings is 2. The number of nitrogens with two attached hydrogens (primary N) is 1. The highest BCUT2D eigenvalue weighted by atomic mass is 19.4. The Kier molecular flexibility index (Phi) is 13.9. The van der Waals surface area contributed by atoms with E-state index in [0.717, 1.165) is 0 Å². The molecule has 1 aromatic heterocycles. The van der Waals surface area contributed by atoms with Gasteiger partial charge < -0.3 is 40.1 Å². The maximum atomic E-state index is 12.6. The topological polar surface area (TPSA) is 139 Å². The van der Waals surface area contributed by atoms with Crippen molar-refractivity contribution in [3.63, 3.8) is 0 Å². The third-order valence-corrected chi connectivity index (χ3v) is 5.36. The lowest BCUT2D eigenvalue weighted by molar-refractivity contribution is -0.274. The van der Waals surface area contributed by atoms with Crippen LogP contribution in [0, 0.1) is 0 Å². The molecule has 2 aromatic carbocycles. The third-order valence-electron chi connectivity index (χ3n) is 5.36. The summed E-state index contributed by atoms with van der Waals surface area (Å²) in [4.78, 5) is 21.0. The summed E-state index contributed by atoms with van der Waals surface area (Å²) < 4.78 is 62.4. The molecule has 0 aliphatic rings. The van der Waals surface area contributed by atoms with Crippen molar-refractivity contribution in [3.8, 4) is 17.0 Å². The number of aromatic nitrogens is 2. The fourth-order valence-corrected chi connectivity index (χ4v) is 3.48. The highest BCUT2D eigenvalue weighted by Crippen LogP contribution is 2.26. The first kappa shape index (κ1) is 32.7. The Balaban J connectivity index is 1.37. The Labute approximate surface area is 241 Å². The SMILES string of the molecule is NCCOCCOCCOCCOCCNC(=O)c1cccc(-c2cc(Nc3ccc(OC(F)(F)F)cc3)ncn2)c1. The van der Waals surface area contributed by atoms with E-state index in [9.17, 15) is 18.0 Å². The van der Waals surface area contributed by atoms with Gasteiger partial charge in [0.05, 0.1) is 58.5 Å². The summed E-state index contributed by atoms with van der Waals surface area (Å²) in [5.74, 6) is -0.177. The van der Waals surface area contributed by atoms with Crippen LogP contribution in [0.15, 0.2) is 60.9 Å². The first-order valence-corrected chi connectivity index (χ1v) is 13.2. The molecule has 0 fully saturated rings. The van der Waals surface area contributed by atoms with Crippen LogP contribution in [0.4, 0.5) is 24.7 Å². The van der Waals surface area contributed by atoms with Gasteiger partial charge in [-0.05, 0) is 36.4 Å². The number of halogens is 3. The Morgan fingerprint density at radius 3 is 2.10 bits per heavy atom. The van der Waals surface area contributed by atoms with E-state index in [1.165, 1.54) is 30.6 Å². The molecule has 0 aliphatic carbocycles. The van der Waals surface area contributed by atoms with Crippen LogP contribution in [0.3, 0.4) is 0 Å². The first-order chi connectivity index (χ1) is 20.3. The Morgan fingerprint density at radius 2 is 1.45 bits per heavy atom. The molecule has 0 bridgehead atoms. The number of alkyl halides is 3. The number of carbonyl (C=O) groups excluding carboxylic acids is 1. The maximum Gasteiger partial charge on any atom is 0.573 e. The molecule has 3 aromatic rings. The number of nitrogens with one attached hydrogen (secondary N) is 2. The van der Waals surface area contributed by atoms with Gasteiger partial charge in [0, 0.05) is 36.0 Å². The molecule has 11 nitrogen and oxygen atoms in total. The minimum atomic E-state index is -4.76. The number of carbonyl (C=O) groups is 1. The number of nitrogens with zero attached hydrogens (tertiary/aromatic N) is 2. The summed E-state index contributed by atoms with van der Waals surface area (Å²) in [5.41, 5.74) is 7.50. The van der Waals surface area contributed by atoms with Crippen LogP contribution in [-0.2, 0) is 18.9 Å². The molecule has 0 radical (unpaired) electrons. The second kappa shape index (κ2) is 17.9. The van der Waals surface area contributed by atoms with E-state index < -0.39 is 6.36 Å². The molecule has 0 aliphatic heterocycles. The van der Waals surface area contributed by atoms with Gasteiger partial charge in [0.25, 0.3) is 5.91 Å². The van der Waals surface area contributed by atoms with Gasteiger partial charge in [-0.25, -0.2) is 9.97 Å². The molecule has 0 saturated carbocycles. The van der Waals surface area contributed by atoms with Crippen molar-refractivity contribution >= 4 is 17.4 Å². The molecule has 0 spiro atoms. The van der Waals surface area contributed by atoms with Crippen molar-refractivity contribution in [1.82, 2.24) is 15.3 Å². The standard InChI is InChI=1S/C28H34F3N5O6/c29-28(30,31)42-24-6-4-23(5-7-24)36-26-19-25(34-20-35-26)21-2-1-3-22(18-21)27(37)33-9-11-39-13-15-41-17-16-40-14-12-38-10-8-32/h1-7,18-20H,8-17,32H2,(H,33,37)(H,34,35,36). The van der Waals surface area contributed by atoms with Crippen LogP contribution < -0.4 is 21.1 Å². The number of anilines is 2. The summed E-state index contributed by atoms with van der Waals surface area (Å²) in [7, 11) is 0. The molecule has 4 N–H and O–H groups in total. The van der Waals surface area contributed by atoms with Gasteiger partial charge in [0.15, 0.2) is 0 Å². The Bertz CT molecular complexity index is 1220. The zero-order chi connectivity index (χ0) is 30.0. The minimum absolute atomic E-state index is 0.266. The van der Waals surface area contributed by atoms with E-state index >= 15 is 0 Å². The van der Waals surface area contributed by atoms with Crippen LogP contribution in [0.5, 0.6) is 5.75 Å². The Hall–Kier alpha value is -3.82. The zero-order valence-corrected chi connectivity index (χ0v) is 22.9. The normalized spacial score (nSPS) is 11.3. The van der Waals surface area contributed by atoms with Crippen molar-refractivity contribution in [2.24, 2.45) is 5.73 Å². The average Bonchev–Trinajstić information content (AvgIpc) is 2.98. The lowest BCUT2D eigenvalue weighted by atomic mass is 10.1. The molecule has 14 heteroatoms. The number of hydrogen-bond donors (Lipinski definition) is 3. The molecule has 228 valence electrons. The average molecular weight is 594 g/mol. The second-order valence-corrected chi connectivity index (χ2v) is 8.56. The highest BCUT2D eigenvalue weighted by Gasteiger charge is 2.30. The summed E-state index contributed by atoms with van der Waals surface area (Å²) in [6.45, 7) is 4.37. The van der Waals surface area contributed by atoms with E-state index in [1.54, 1.807) is 30.3 Å². The van der Waals surface area contributed by atoms with E-state index in [2.05, 4.69) is 25.3 Å². The number of hydrogen-bond acceptors (Lipinski definition) is 10. The molecule has 1 amide bonds. The first-order valence-electron chi connectivity index (χ1n) is 13.2. The van der Waals surface area contributed by atoms with Crippen molar-refractivity contribution in [2.45, 2.75) is 6.36 Å². The zero-order valence-electron chi connectivity index (χ0n) is 22.9. The summed E-state index contributed by atoms with van der Waals surface area (Å²) in [6.07, 6.45) is -3.41. The van der Waals surface area contributed by atoms with Crippen molar-refractivity contribution in [3.05, 3.63) is 66.5 Å². The largest absolute Gasteiger partial charge is 0.573 e. The van der Waals surface area contributed by atoms with Crippen LogP contribution in [0.2, 0.25) is 0 Å². The third kappa shape index (κ3) is 12.8. The predicted octanol–water partition coefficient (Wildman–Crippen LogP) is 3.54. The lowest BCUT2D eigenvalue weighted by Gasteiger charge is -2.11. The maximum absolute atomic E-state index is 12.6. The lowest BCUT2D eigenvalue weighted by Crippen LogP contribution is -2.27. The molecule has 3 rings (SSSR count). The predicted molar refractivity (Wildman–Crippen MR) is 149 cm³/mol. The van der Waals surface area contributed by atoms with Crippen LogP contribution in [0.25, 0.3) is 11.3 Å². The highest BCUT2D eigenvalue weighted by molar-refractivity contribution is 5.95. The van der Waals surface area contributed by atoms with E-state index in [1.807, 2.05) is 0 Å². The number of ether oxygens (including phenoxy) is 5. The van der Waals surface area contributed by atoms with Crippen LogP contribution in [0.1, 0.15) is 10.4 Å². The van der Waals surface area contributed by atoms with Gasteiger partial charge >= 0.3 is 6.36 Å². The Morgan fingerprint density at radius 1 is 0.810 bits per heavy atom. The van der Waals surface area contributed by atoms with Gasteiger partial charge in [0.1, 0.15) is 17.9 Å². The molecule has 0 atom stereocenters. The van der Waals surface area contributed by atoms with E-state index in [-0.39, 0.29) is 11.7 Å². The van der Waals surface area contributed by atoms with Crippen molar-refractivity contribution in [2.75, 3.05) is 71.3 Å². The van der Waals surface area contributed by atoms with E-state index in [0.29, 0.717) is 94.3 Å². The minimum Gasteiger partial charge on any atom is -0.406 e. The second-order valence-electron chi connectivity index (χ2n) is 8.56. The van der Waals surface area contributed by atoms with E-state index in [4.69, 9.17) is 24.7 Å². The number of amides is 1. The molecular formula is C28H34F3N5O6. The number of rotatable bonds is 19. The fraction of sp³-hybridized carbons (Fsp3) is 0.393. The van der Waals surface area contributed by atoms with Gasteiger partial charge in [-0.1, -0.05) is 12.1 Å². The van der Waals surface area contributed by atoms with Crippen molar-refractivity contribution in [1.29, 1.82) is 0 Å². The van der Waals surface area contributed by atoms with Crippen LogP contribution in [-0.4, -0.2) is 88.2 Å². The van der Waals surface area contributed by atoms with Gasteiger partial charge in [-0.3, -0.25) is 4.79 Å². The fourth-order valence-electron chi connectivity index (χ4n) is 3.48. The smallest absolute Gasteiger partial charge is 0.406 e. The van der Waals surface area contributed by atoms with Gasteiger partial charge in [0.2, 0.25) is 0 Å². The van der Waals surface area contributed by atoms with Crippen LogP contribution >= 0.6 is 0 Å². The summed E-state index contributed by atoms with van der Waals surface area (Å²) in [5, 5.41) is 5.82.